The molecule has 0 saturated heterocycles. The summed E-state index contributed by atoms with van der Waals surface area (Å²) in [6.45, 7) is 2.53. The summed E-state index contributed by atoms with van der Waals surface area (Å²) in [5.74, 6) is 0.692. The minimum Gasteiger partial charge on any atom is -0.467 e. The average molecular weight is 291 g/mol. The molecule has 1 aromatic carbocycles. The van der Waals surface area contributed by atoms with E-state index in [2.05, 4.69) is 20.3 Å². The number of hydrogen-bond acceptors (Lipinski definition) is 8. The van der Waals surface area contributed by atoms with Gasteiger partial charge >= 0.3 is 12.0 Å². The summed E-state index contributed by atoms with van der Waals surface area (Å²) in [7, 11) is 1.43. The molecule has 0 aliphatic carbocycles. The third-order valence-corrected chi connectivity index (χ3v) is 2.37. The normalized spacial score (nSPS) is 10.0. The molecule has 0 fully saturated rings. The van der Waals surface area contributed by atoms with Crippen LogP contribution >= 0.6 is 0 Å². The summed E-state index contributed by atoms with van der Waals surface area (Å²) >= 11 is 0. The van der Waals surface area contributed by atoms with Crippen molar-refractivity contribution in [1.82, 2.24) is 15.0 Å². The van der Waals surface area contributed by atoms with Gasteiger partial charge < -0.3 is 14.8 Å². The van der Waals surface area contributed by atoms with Crippen molar-refractivity contribution in [3.05, 3.63) is 34.4 Å². The fourth-order valence-electron chi connectivity index (χ4n) is 1.45. The zero-order valence-corrected chi connectivity index (χ0v) is 11.4. The van der Waals surface area contributed by atoms with E-state index in [9.17, 15) is 10.1 Å². The summed E-state index contributed by atoms with van der Waals surface area (Å²) in [6, 6.07) is 5.73. The van der Waals surface area contributed by atoms with E-state index < -0.39 is 4.92 Å². The fraction of sp³-hybridized carbons (Fsp3) is 0.250. The Kier molecular flexibility index (Phi) is 4.44. The molecule has 2 rings (SSSR count). The third kappa shape index (κ3) is 3.75. The fourth-order valence-corrected chi connectivity index (χ4v) is 1.45. The van der Waals surface area contributed by atoms with Crippen LogP contribution in [0.4, 0.5) is 11.6 Å². The van der Waals surface area contributed by atoms with Crippen LogP contribution in [0.2, 0.25) is 0 Å². The Bertz CT molecular complexity index is 632. The van der Waals surface area contributed by atoms with E-state index in [4.69, 9.17) is 9.47 Å². The van der Waals surface area contributed by atoms with Gasteiger partial charge in [0.15, 0.2) is 0 Å². The molecule has 0 aliphatic rings. The van der Waals surface area contributed by atoms with Crippen molar-refractivity contribution in [1.29, 1.82) is 0 Å². The SMILES string of the molecule is CCNc1nc(OC)nc(Oc2ccc([N+](=O)[O-])cc2)n1. The summed E-state index contributed by atoms with van der Waals surface area (Å²) in [5.41, 5.74) is -0.0242. The molecule has 0 atom stereocenters. The van der Waals surface area contributed by atoms with Crippen LogP contribution in [-0.4, -0.2) is 33.5 Å². The molecule has 0 unspecified atom stereocenters. The highest BCUT2D eigenvalue weighted by molar-refractivity contribution is 5.37. The highest BCUT2D eigenvalue weighted by atomic mass is 16.6. The molecular weight excluding hydrogens is 278 g/mol. The quantitative estimate of drug-likeness (QED) is 0.635. The summed E-state index contributed by atoms with van der Waals surface area (Å²) < 4.78 is 10.4. The first-order chi connectivity index (χ1) is 10.1. The van der Waals surface area contributed by atoms with Crippen LogP contribution in [0.15, 0.2) is 24.3 Å². The molecular formula is C12H13N5O4. The Hall–Kier alpha value is -2.97. The molecule has 9 heteroatoms. The second-order valence-electron chi connectivity index (χ2n) is 3.81. The van der Waals surface area contributed by atoms with Gasteiger partial charge in [-0.25, -0.2) is 0 Å². The van der Waals surface area contributed by atoms with E-state index in [0.29, 0.717) is 18.2 Å². The molecule has 110 valence electrons. The molecule has 1 aromatic heterocycles. The Morgan fingerprint density at radius 2 is 1.86 bits per heavy atom. The highest BCUT2D eigenvalue weighted by Crippen LogP contribution is 2.23. The van der Waals surface area contributed by atoms with Crippen molar-refractivity contribution in [2.75, 3.05) is 19.0 Å². The van der Waals surface area contributed by atoms with Crippen LogP contribution in [0.5, 0.6) is 17.8 Å². The number of ether oxygens (including phenoxy) is 2. The van der Waals surface area contributed by atoms with Gasteiger partial charge in [-0.2, -0.15) is 9.97 Å². The molecule has 21 heavy (non-hydrogen) atoms. The van der Waals surface area contributed by atoms with Gasteiger partial charge in [0.05, 0.1) is 12.0 Å². The van der Waals surface area contributed by atoms with Crippen molar-refractivity contribution in [3.63, 3.8) is 0 Å². The highest BCUT2D eigenvalue weighted by Gasteiger charge is 2.10. The molecule has 9 nitrogen and oxygen atoms in total. The Balaban J connectivity index is 2.21. The molecule has 0 bridgehead atoms. The average Bonchev–Trinajstić information content (AvgIpc) is 2.48. The molecule has 0 amide bonds. The lowest BCUT2D eigenvalue weighted by Gasteiger charge is -2.07. The van der Waals surface area contributed by atoms with E-state index in [0.717, 1.165) is 0 Å². The van der Waals surface area contributed by atoms with Crippen LogP contribution in [0.1, 0.15) is 6.92 Å². The minimum atomic E-state index is -0.487. The first kappa shape index (κ1) is 14.4. The summed E-state index contributed by atoms with van der Waals surface area (Å²) in [4.78, 5) is 22.1. The largest absolute Gasteiger partial charge is 0.467 e. The topological polar surface area (TPSA) is 112 Å². The van der Waals surface area contributed by atoms with Crippen molar-refractivity contribution in [2.24, 2.45) is 0 Å². The Morgan fingerprint density at radius 1 is 1.19 bits per heavy atom. The third-order valence-electron chi connectivity index (χ3n) is 2.37. The van der Waals surface area contributed by atoms with Crippen LogP contribution < -0.4 is 14.8 Å². The van der Waals surface area contributed by atoms with Crippen LogP contribution in [0.3, 0.4) is 0 Å². The van der Waals surface area contributed by atoms with Gasteiger partial charge in [0.25, 0.3) is 5.69 Å². The number of aromatic nitrogens is 3. The van der Waals surface area contributed by atoms with Crippen LogP contribution in [0, 0.1) is 10.1 Å². The Labute approximate surface area is 120 Å². The number of methoxy groups -OCH3 is 1. The van der Waals surface area contributed by atoms with Crippen molar-refractivity contribution in [3.8, 4) is 17.8 Å². The lowest BCUT2D eigenvalue weighted by Crippen LogP contribution is -2.06. The maximum absolute atomic E-state index is 10.6. The van der Waals surface area contributed by atoms with E-state index in [1.54, 1.807) is 0 Å². The van der Waals surface area contributed by atoms with Crippen LogP contribution in [-0.2, 0) is 0 Å². The number of nitrogens with one attached hydrogen (secondary N) is 1. The number of nitrogens with zero attached hydrogens (tertiary/aromatic N) is 4. The van der Waals surface area contributed by atoms with Crippen molar-refractivity contribution in [2.45, 2.75) is 6.92 Å². The molecule has 1 N–H and O–H groups in total. The van der Waals surface area contributed by atoms with Gasteiger partial charge in [-0.15, -0.1) is 4.98 Å². The van der Waals surface area contributed by atoms with E-state index >= 15 is 0 Å². The Morgan fingerprint density at radius 3 is 2.43 bits per heavy atom. The molecule has 0 radical (unpaired) electrons. The first-order valence-electron chi connectivity index (χ1n) is 6.08. The van der Waals surface area contributed by atoms with Gasteiger partial charge in [0.2, 0.25) is 5.95 Å². The zero-order chi connectivity index (χ0) is 15.2. The summed E-state index contributed by atoms with van der Waals surface area (Å²) in [6.07, 6.45) is 0. The maximum atomic E-state index is 10.6. The van der Waals surface area contributed by atoms with E-state index in [-0.39, 0.29) is 17.7 Å². The van der Waals surface area contributed by atoms with Gasteiger partial charge in [0.1, 0.15) is 5.75 Å². The van der Waals surface area contributed by atoms with Crippen LogP contribution in [0.25, 0.3) is 0 Å². The monoisotopic (exact) mass is 291 g/mol. The number of non-ortho nitro benzene ring substituents is 1. The minimum absolute atomic E-state index is 0.0242. The predicted molar refractivity (Wildman–Crippen MR) is 73.7 cm³/mol. The lowest BCUT2D eigenvalue weighted by molar-refractivity contribution is -0.384. The molecule has 0 spiro atoms. The molecule has 0 aliphatic heterocycles. The number of anilines is 1. The molecule has 0 saturated carbocycles. The van der Waals surface area contributed by atoms with Crippen molar-refractivity contribution < 1.29 is 14.4 Å². The summed E-state index contributed by atoms with van der Waals surface area (Å²) in [5, 5.41) is 13.5. The number of nitro benzene ring substituents is 1. The van der Waals surface area contributed by atoms with Gasteiger partial charge in [-0.3, -0.25) is 10.1 Å². The van der Waals surface area contributed by atoms with Gasteiger partial charge in [-0.05, 0) is 19.1 Å². The first-order valence-corrected chi connectivity index (χ1v) is 6.08. The van der Waals surface area contributed by atoms with Crippen molar-refractivity contribution >= 4 is 11.6 Å². The van der Waals surface area contributed by atoms with Gasteiger partial charge in [0, 0.05) is 18.7 Å². The maximum Gasteiger partial charge on any atom is 0.330 e. The molecule has 2 aromatic rings. The number of hydrogen-bond donors (Lipinski definition) is 1. The lowest BCUT2D eigenvalue weighted by atomic mass is 10.3. The zero-order valence-electron chi connectivity index (χ0n) is 11.4. The van der Waals surface area contributed by atoms with E-state index in [1.807, 2.05) is 6.92 Å². The smallest absolute Gasteiger partial charge is 0.330 e. The second kappa shape index (κ2) is 6.46. The number of benzene rings is 1. The molecule has 1 heterocycles. The predicted octanol–water partition coefficient (Wildman–Crippen LogP) is 2.01. The number of nitro groups is 1. The standard InChI is InChI=1S/C12H13N5O4/c1-3-13-10-14-11(20-2)16-12(15-10)21-9-6-4-8(5-7-9)17(18)19/h4-7H,3H2,1-2H3,(H,13,14,15,16). The van der Waals surface area contributed by atoms with E-state index in [1.165, 1.54) is 31.4 Å². The number of rotatable bonds is 6. The second-order valence-corrected chi connectivity index (χ2v) is 3.81. The van der Waals surface area contributed by atoms with Gasteiger partial charge in [-0.1, -0.05) is 0 Å².